The summed E-state index contributed by atoms with van der Waals surface area (Å²) in [5.74, 6) is -2.31. The highest BCUT2D eigenvalue weighted by atomic mass is 19.4. The number of H-pyrrole nitrogens is 2. The number of aliphatic carboxylic acids is 2. The van der Waals surface area contributed by atoms with Gasteiger partial charge in [-0.15, -0.1) is 0 Å². The van der Waals surface area contributed by atoms with Gasteiger partial charge >= 0.3 is 18.1 Å². The standard InChI is InChI=1S/C27H26N4O3.C2HF3O2/c32-26(33)16-23(20-7-6-18-4-1-2-5-19(18)14-20)24-17-31-25-15-21(8-9-22(24)25)34-13-3-10-28-27-29-11-12-30-27;3-2(4,5)1(6)7/h1-2,4-9,11-12,14-15,17,23,31H,3,10,13,16H2,(H,32,33)(H2,28,29,30);(H,6,7). The van der Waals surface area contributed by atoms with Gasteiger partial charge in [-0.05, 0) is 40.5 Å². The average molecular weight is 569 g/mol. The number of carboxylic acid groups (broad SMARTS) is 2. The Labute approximate surface area is 232 Å². The van der Waals surface area contributed by atoms with Crippen molar-refractivity contribution in [3.8, 4) is 5.75 Å². The summed E-state index contributed by atoms with van der Waals surface area (Å²) >= 11 is 0. The van der Waals surface area contributed by atoms with E-state index >= 15 is 0 Å². The number of carboxylic acids is 2. The first-order valence-corrected chi connectivity index (χ1v) is 12.6. The van der Waals surface area contributed by atoms with Gasteiger partial charge in [0, 0.05) is 48.0 Å². The second kappa shape index (κ2) is 12.9. The minimum atomic E-state index is -5.08. The lowest BCUT2D eigenvalue weighted by molar-refractivity contribution is -0.192. The number of nitrogens with zero attached hydrogens (tertiary/aromatic N) is 1. The molecule has 5 rings (SSSR count). The van der Waals surface area contributed by atoms with Crippen molar-refractivity contribution in [2.75, 3.05) is 18.5 Å². The summed E-state index contributed by atoms with van der Waals surface area (Å²) in [5.41, 5.74) is 2.89. The van der Waals surface area contributed by atoms with Crippen molar-refractivity contribution in [2.45, 2.75) is 24.9 Å². The predicted molar refractivity (Wildman–Crippen MR) is 147 cm³/mol. The summed E-state index contributed by atoms with van der Waals surface area (Å²) in [5, 5.41) is 23.2. The van der Waals surface area contributed by atoms with E-state index in [-0.39, 0.29) is 12.3 Å². The number of hydrogen-bond acceptors (Lipinski definition) is 5. The third-order valence-electron chi connectivity index (χ3n) is 6.24. The van der Waals surface area contributed by atoms with Crippen molar-refractivity contribution >= 4 is 39.6 Å². The number of alkyl halides is 3. The molecule has 5 aromatic rings. The number of aromatic amines is 2. The van der Waals surface area contributed by atoms with Crippen LogP contribution in [0.5, 0.6) is 5.75 Å². The maximum atomic E-state index is 11.7. The lowest BCUT2D eigenvalue weighted by Gasteiger charge is -2.16. The Balaban J connectivity index is 0.000000493. The molecule has 5 N–H and O–H groups in total. The van der Waals surface area contributed by atoms with Gasteiger partial charge in [0.2, 0.25) is 0 Å². The van der Waals surface area contributed by atoms with E-state index in [1.54, 1.807) is 12.4 Å². The molecule has 0 bridgehead atoms. The van der Waals surface area contributed by atoms with Crippen LogP contribution in [0.25, 0.3) is 21.7 Å². The number of anilines is 1. The van der Waals surface area contributed by atoms with Crippen LogP contribution in [0.3, 0.4) is 0 Å². The van der Waals surface area contributed by atoms with E-state index in [1.807, 2.05) is 42.6 Å². The zero-order chi connectivity index (χ0) is 29.4. The van der Waals surface area contributed by atoms with Gasteiger partial charge in [-0.1, -0.05) is 42.5 Å². The van der Waals surface area contributed by atoms with Crippen LogP contribution in [-0.4, -0.2) is 56.4 Å². The highest BCUT2D eigenvalue weighted by Crippen LogP contribution is 2.36. The van der Waals surface area contributed by atoms with E-state index in [1.165, 1.54) is 0 Å². The van der Waals surface area contributed by atoms with E-state index in [0.717, 1.165) is 57.5 Å². The Hall–Kier alpha value is -5.00. The summed E-state index contributed by atoms with van der Waals surface area (Å²) in [7, 11) is 0. The molecule has 9 nitrogen and oxygen atoms in total. The topological polar surface area (TPSA) is 140 Å². The minimum Gasteiger partial charge on any atom is -0.493 e. The second-order valence-electron chi connectivity index (χ2n) is 9.08. The van der Waals surface area contributed by atoms with Crippen molar-refractivity contribution in [3.63, 3.8) is 0 Å². The third-order valence-corrected chi connectivity index (χ3v) is 6.24. The van der Waals surface area contributed by atoms with Crippen LogP contribution in [0.4, 0.5) is 19.1 Å². The molecule has 2 aromatic heterocycles. The Morgan fingerprint density at radius 1 is 1.00 bits per heavy atom. The monoisotopic (exact) mass is 568 g/mol. The van der Waals surface area contributed by atoms with Crippen molar-refractivity contribution in [1.82, 2.24) is 15.0 Å². The number of aromatic nitrogens is 3. The number of hydrogen-bond donors (Lipinski definition) is 5. The Bertz CT molecular complexity index is 1620. The van der Waals surface area contributed by atoms with Gasteiger partial charge in [0.25, 0.3) is 0 Å². The molecule has 0 spiro atoms. The van der Waals surface area contributed by atoms with Gasteiger partial charge in [0.05, 0.1) is 13.0 Å². The van der Waals surface area contributed by atoms with E-state index in [4.69, 9.17) is 14.6 Å². The maximum absolute atomic E-state index is 11.7. The molecule has 1 unspecified atom stereocenters. The van der Waals surface area contributed by atoms with Gasteiger partial charge in [-0.25, -0.2) is 9.78 Å². The molecular formula is C29H27F3N4O5. The quantitative estimate of drug-likeness (QED) is 0.127. The van der Waals surface area contributed by atoms with Crippen LogP contribution >= 0.6 is 0 Å². The fourth-order valence-corrected chi connectivity index (χ4v) is 4.34. The normalized spacial score (nSPS) is 12.0. The first kappa shape index (κ1) is 29.0. The van der Waals surface area contributed by atoms with Crippen LogP contribution in [-0.2, 0) is 9.59 Å². The molecule has 41 heavy (non-hydrogen) atoms. The zero-order valence-corrected chi connectivity index (χ0v) is 21.6. The molecule has 0 fully saturated rings. The molecule has 2 heterocycles. The summed E-state index contributed by atoms with van der Waals surface area (Å²) in [6.45, 7) is 1.33. The van der Waals surface area contributed by atoms with E-state index in [9.17, 15) is 23.1 Å². The van der Waals surface area contributed by atoms with Crippen molar-refractivity contribution in [3.05, 3.63) is 90.4 Å². The largest absolute Gasteiger partial charge is 0.493 e. The number of fused-ring (bicyclic) bond motifs is 2. The number of ether oxygens (including phenoxy) is 1. The Morgan fingerprint density at radius 3 is 2.44 bits per heavy atom. The molecule has 0 saturated carbocycles. The van der Waals surface area contributed by atoms with Crippen LogP contribution < -0.4 is 10.1 Å². The van der Waals surface area contributed by atoms with E-state index in [0.29, 0.717) is 6.61 Å². The third kappa shape index (κ3) is 7.78. The highest BCUT2D eigenvalue weighted by Gasteiger charge is 2.38. The number of carbonyl (C=O) groups is 2. The first-order chi connectivity index (χ1) is 19.6. The summed E-state index contributed by atoms with van der Waals surface area (Å²) in [4.78, 5) is 31.1. The van der Waals surface area contributed by atoms with Gasteiger partial charge < -0.3 is 30.2 Å². The van der Waals surface area contributed by atoms with Crippen LogP contribution in [0.1, 0.15) is 29.9 Å². The van der Waals surface area contributed by atoms with Crippen molar-refractivity contribution in [1.29, 1.82) is 0 Å². The van der Waals surface area contributed by atoms with Gasteiger partial charge in [-0.3, -0.25) is 4.79 Å². The molecule has 0 amide bonds. The van der Waals surface area contributed by atoms with Gasteiger partial charge in [0.15, 0.2) is 5.95 Å². The lowest BCUT2D eigenvalue weighted by Crippen LogP contribution is -2.21. The van der Waals surface area contributed by atoms with Gasteiger partial charge in [-0.2, -0.15) is 13.2 Å². The number of rotatable bonds is 10. The Morgan fingerprint density at radius 2 is 1.76 bits per heavy atom. The lowest BCUT2D eigenvalue weighted by atomic mass is 9.87. The summed E-state index contributed by atoms with van der Waals surface area (Å²) < 4.78 is 37.7. The van der Waals surface area contributed by atoms with Crippen molar-refractivity contribution in [2.24, 2.45) is 0 Å². The van der Waals surface area contributed by atoms with E-state index in [2.05, 4.69) is 44.5 Å². The Kier molecular flexibility index (Phi) is 9.12. The smallest absolute Gasteiger partial charge is 0.490 e. The number of halogens is 3. The zero-order valence-electron chi connectivity index (χ0n) is 21.6. The molecule has 0 aliphatic rings. The number of imidazole rings is 1. The molecule has 0 radical (unpaired) electrons. The molecule has 0 saturated heterocycles. The summed E-state index contributed by atoms with van der Waals surface area (Å²) in [6.07, 6.45) is 1.17. The van der Waals surface area contributed by atoms with Crippen LogP contribution in [0, 0.1) is 0 Å². The average Bonchev–Trinajstić information content (AvgIpc) is 3.61. The fourth-order valence-electron chi connectivity index (χ4n) is 4.34. The number of nitrogens with one attached hydrogen (secondary N) is 3. The number of benzene rings is 3. The fraction of sp³-hybridized carbons (Fsp3) is 0.207. The molecule has 3 aromatic carbocycles. The molecular weight excluding hydrogens is 541 g/mol. The maximum Gasteiger partial charge on any atom is 0.490 e. The molecule has 214 valence electrons. The molecule has 1 atom stereocenters. The van der Waals surface area contributed by atoms with Gasteiger partial charge in [0.1, 0.15) is 5.75 Å². The highest BCUT2D eigenvalue weighted by molar-refractivity contribution is 5.87. The SMILES string of the molecule is O=C(O)C(F)(F)F.O=C(O)CC(c1ccc2ccccc2c1)c1c[nH]c2cc(OCCCNc3ncc[nH]3)ccc12. The van der Waals surface area contributed by atoms with Crippen LogP contribution in [0.2, 0.25) is 0 Å². The van der Waals surface area contributed by atoms with Crippen molar-refractivity contribution < 1.29 is 37.7 Å². The first-order valence-electron chi connectivity index (χ1n) is 12.6. The molecule has 0 aliphatic heterocycles. The molecule has 12 heteroatoms. The predicted octanol–water partition coefficient (Wildman–Crippen LogP) is 6.17. The second-order valence-corrected chi connectivity index (χ2v) is 9.08. The van der Waals surface area contributed by atoms with Crippen LogP contribution in [0.15, 0.2) is 79.3 Å². The van der Waals surface area contributed by atoms with E-state index < -0.39 is 18.1 Å². The minimum absolute atomic E-state index is 0.0201. The summed E-state index contributed by atoms with van der Waals surface area (Å²) in [6, 6.07) is 20.2. The molecule has 0 aliphatic carbocycles.